The first-order valence-corrected chi connectivity index (χ1v) is 11.7. The van der Waals surface area contributed by atoms with Crippen LogP contribution in [0.15, 0.2) is 56.5 Å². The summed E-state index contributed by atoms with van der Waals surface area (Å²) in [6.45, 7) is 3.91. The fourth-order valence-electron chi connectivity index (χ4n) is 2.76. The number of hydrogen-bond donors (Lipinski definition) is 4. The van der Waals surface area contributed by atoms with E-state index in [1.165, 1.54) is 18.2 Å². The molecule has 0 radical (unpaired) electrons. The van der Waals surface area contributed by atoms with Crippen molar-refractivity contribution in [1.82, 2.24) is 14.8 Å². The summed E-state index contributed by atoms with van der Waals surface area (Å²) in [5.41, 5.74) is -1.40. The van der Waals surface area contributed by atoms with Crippen LogP contribution < -0.4 is 26.6 Å². The van der Waals surface area contributed by atoms with Crippen LogP contribution >= 0.6 is 39.1 Å². The molecular formula is C22H18BrCl2N5O6. The highest BCUT2D eigenvalue weighted by Crippen LogP contribution is 2.39. The van der Waals surface area contributed by atoms with Gasteiger partial charge in [-0.3, -0.25) is 19.9 Å². The largest absolute Gasteiger partial charge is 0.465 e. The molecule has 188 valence electrons. The van der Waals surface area contributed by atoms with Crippen LogP contribution in [0.2, 0.25) is 10.0 Å². The van der Waals surface area contributed by atoms with E-state index in [1.54, 1.807) is 29.6 Å². The van der Waals surface area contributed by atoms with Crippen LogP contribution in [0.3, 0.4) is 0 Å². The number of anilines is 2. The number of carbonyl (C=O) groups excluding carboxylic acids is 1. The van der Waals surface area contributed by atoms with Gasteiger partial charge in [0.15, 0.2) is 5.75 Å². The van der Waals surface area contributed by atoms with Gasteiger partial charge in [0, 0.05) is 4.47 Å². The zero-order valence-corrected chi connectivity index (χ0v) is 21.7. The lowest BCUT2D eigenvalue weighted by Gasteiger charge is -2.14. The standard InChI is InChI=1S/C22H18BrCl2N5O6/c1-10(2)3-6-17(31)26-16-5-4-12(9-13(16)23)36-18-14(24)7-11(8-15(18)25)30-21(33)28-20(32)19(29-30)27-22(34)35/h3-10H,1-2H3,(H,26,31)(H,27,29)(H,34,35)(H,28,32,33)/b6-3+. The normalized spacial score (nSPS) is 11.1. The molecule has 0 aliphatic rings. The number of ether oxygens (including phenoxy) is 1. The van der Waals surface area contributed by atoms with E-state index >= 15 is 0 Å². The molecule has 0 aliphatic heterocycles. The number of amides is 2. The zero-order chi connectivity index (χ0) is 26.6. The number of carbonyl (C=O) groups is 2. The number of aromatic nitrogens is 3. The van der Waals surface area contributed by atoms with Gasteiger partial charge in [0.25, 0.3) is 5.56 Å². The molecule has 0 bridgehead atoms. The van der Waals surface area contributed by atoms with Gasteiger partial charge >= 0.3 is 11.8 Å². The third-order valence-electron chi connectivity index (χ3n) is 4.33. The highest BCUT2D eigenvalue weighted by atomic mass is 79.9. The van der Waals surface area contributed by atoms with Crippen LogP contribution in [0.5, 0.6) is 11.5 Å². The Balaban J connectivity index is 1.87. The number of carboxylic acid groups (broad SMARTS) is 1. The van der Waals surface area contributed by atoms with Crippen molar-refractivity contribution in [2.75, 3.05) is 10.6 Å². The lowest BCUT2D eigenvalue weighted by atomic mass is 10.2. The summed E-state index contributed by atoms with van der Waals surface area (Å²) in [6, 6.07) is 7.40. The van der Waals surface area contributed by atoms with Crippen LogP contribution in [0.25, 0.3) is 5.69 Å². The lowest BCUT2D eigenvalue weighted by Crippen LogP contribution is -2.34. The van der Waals surface area contributed by atoms with E-state index in [1.807, 2.05) is 18.8 Å². The number of nitrogens with zero attached hydrogens (tertiary/aromatic N) is 2. The van der Waals surface area contributed by atoms with E-state index in [-0.39, 0.29) is 33.3 Å². The summed E-state index contributed by atoms with van der Waals surface area (Å²) in [5, 5.41) is 17.1. The Morgan fingerprint density at radius 3 is 2.42 bits per heavy atom. The summed E-state index contributed by atoms with van der Waals surface area (Å²) in [5.74, 6) is -0.273. The molecule has 2 aromatic carbocycles. The second kappa shape index (κ2) is 11.4. The number of nitrogens with one attached hydrogen (secondary N) is 3. The maximum atomic E-state index is 12.2. The van der Waals surface area contributed by atoms with Gasteiger partial charge in [0.1, 0.15) is 5.75 Å². The predicted molar refractivity (Wildman–Crippen MR) is 139 cm³/mol. The molecule has 36 heavy (non-hydrogen) atoms. The lowest BCUT2D eigenvalue weighted by molar-refractivity contribution is -0.111. The highest BCUT2D eigenvalue weighted by Gasteiger charge is 2.16. The third kappa shape index (κ3) is 6.74. The Bertz CT molecular complexity index is 1460. The Morgan fingerprint density at radius 1 is 1.17 bits per heavy atom. The molecule has 0 spiro atoms. The summed E-state index contributed by atoms with van der Waals surface area (Å²) < 4.78 is 7.06. The number of rotatable bonds is 7. The monoisotopic (exact) mass is 597 g/mol. The van der Waals surface area contributed by atoms with Gasteiger partial charge in [0.2, 0.25) is 11.7 Å². The maximum Gasteiger partial charge on any atom is 0.410 e. The molecule has 0 unspecified atom stereocenters. The van der Waals surface area contributed by atoms with Crippen LogP contribution in [0.1, 0.15) is 13.8 Å². The van der Waals surface area contributed by atoms with Crippen molar-refractivity contribution >= 4 is 62.6 Å². The second-order valence-corrected chi connectivity index (χ2v) is 9.19. The maximum absolute atomic E-state index is 12.2. The summed E-state index contributed by atoms with van der Waals surface area (Å²) >= 11 is 16.0. The van der Waals surface area contributed by atoms with E-state index in [0.29, 0.717) is 15.9 Å². The van der Waals surface area contributed by atoms with Gasteiger partial charge in [-0.2, -0.15) is 4.68 Å². The Hall–Kier alpha value is -3.61. The van der Waals surface area contributed by atoms with E-state index in [2.05, 4.69) is 26.3 Å². The minimum absolute atomic E-state index is 0.00234. The molecule has 4 N–H and O–H groups in total. The number of allylic oxidation sites excluding steroid dienone is 1. The van der Waals surface area contributed by atoms with Crippen LogP contribution in [0.4, 0.5) is 16.3 Å². The molecule has 11 nitrogen and oxygen atoms in total. The minimum Gasteiger partial charge on any atom is -0.465 e. The Morgan fingerprint density at radius 2 is 1.83 bits per heavy atom. The molecule has 2 amide bonds. The molecule has 0 aliphatic carbocycles. The van der Waals surface area contributed by atoms with E-state index < -0.39 is 23.2 Å². The topological polar surface area (TPSA) is 155 Å². The van der Waals surface area contributed by atoms with Crippen molar-refractivity contribution in [2.45, 2.75) is 13.8 Å². The molecular weight excluding hydrogens is 581 g/mol. The number of halogens is 3. The number of H-pyrrole nitrogens is 1. The first-order valence-electron chi connectivity index (χ1n) is 10.1. The zero-order valence-electron chi connectivity index (χ0n) is 18.6. The first-order chi connectivity index (χ1) is 16.9. The van der Waals surface area contributed by atoms with Crippen LogP contribution in [-0.4, -0.2) is 31.9 Å². The molecule has 3 aromatic rings. The van der Waals surface area contributed by atoms with Crippen molar-refractivity contribution in [3.05, 3.63) is 77.8 Å². The average molecular weight is 599 g/mol. The van der Waals surface area contributed by atoms with Crippen molar-refractivity contribution < 1.29 is 19.4 Å². The average Bonchev–Trinajstić information content (AvgIpc) is 2.78. The molecule has 14 heteroatoms. The van der Waals surface area contributed by atoms with E-state index in [0.717, 1.165) is 4.68 Å². The van der Waals surface area contributed by atoms with Gasteiger partial charge in [0.05, 0.1) is 21.4 Å². The predicted octanol–water partition coefficient (Wildman–Crippen LogP) is 5.02. The highest BCUT2D eigenvalue weighted by molar-refractivity contribution is 9.10. The van der Waals surface area contributed by atoms with Crippen molar-refractivity contribution in [3.63, 3.8) is 0 Å². The smallest absolute Gasteiger partial charge is 0.410 e. The van der Waals surface area contributed by atoms with E-state index in [4.69, 9.17) is 33.0 Å². The van der Waals surface area contributed by atoms with Crippen molar-refractivity contribution in [3.8, 4) is 17.2 Å². The molecule has 0 saturated carbocycles. The first kappa shape index (κ1) is 27.0. The fourth-order valence-corrected chi connectivity index (χ4v) is 3.77. The number of benzene rings is 2. The van der Waals surface area contributed by atoms with Crippen LogP contribution in [-0.2, 0) is 4.79 Å². The molecule has 1 aromatic heterocycles. The van der Waals surface area contributed by atoms with E-state index in [9.17, 15) is 19.2 Å². The van der Waals surface area contributed by atoms with Crippen molar-refractivity contribution in [2.24, 2.45) is 5.92 Å². The number of hydrogen-bond acceptors (Lipinski definition) is 6. The fraction of sp³-hybridized carbons (Fsp3) is 0.136. The van der Waals surface area contributed by atoms with Gasteiger partial charge in [-0.05, 0) is 58.3 Å². The van der Waals surface area contributed by atoms with Gasteiger partial charge < -0.3 is 15.2 Å². The molecule has 1 heterocycles. The number of aromatic amines is 1. The summed E-state index contributed by atoms with van der Waals surface area (Å²) in [7, 11) is 0. The third-order valence-corrected chi connectivity index (χ3v) is 5.55. The quantitative estimate of drug-likeness (QED) is 0.278. The molecule has 3 rings (SSSR count). The molecule has 0 saturated heterocycles. The van der Waals surface area contributed by atoms with Crippen LogP contribution in [0, 0.1) is 5.92 Å². The van der Waals surface area contributed by atoms with Gasteiger partial charge in [-0.15, -0.1) is 5.10 Å². The summed E-state index contributed by atoms with van der Waals surface area (Å²) in [4.78, 5) is 48.8. The van der Waals surface area contributed by atoms with Crippen molar-refractivity contribution in [1.29, 1.82) is 0 Å². The summed E-state index contributed by atoms with van der Waals surface area (Å²) in [6.07, 6.45) is 1.68. The van der Waals surface area contributed by atoms with Gasteiger partial charge in [-0.1, -0.05) is 43.1 Å². The Labute approximate surface area is 221 Å². The molecule has 0 atom stereocenters. The molecule has 0 fully saturated rings. The second-order valence-electron chi connectivity index (χ2n) is 7.52. The minimum atomic E-state index is -1.54. The Kier molecular flexibility index (Phi) is 8.56. The SMILES string of the molecule is CC(C)/C=C/C(=O)Nc1ccc(Oc2c(Cl)cc(-n3nc(NC(=O)O)c(=O)[nH]c3=O)cc2Cl)cc1Br. The van der Waals surface area contributed by atoms with Gasteiger partial charge in [-0.25, -0.2) is 9.59 Å².